The van der Waals surface area contributed by atoms with Crippen LogP contribution in [0.25, 0.3) is 10.8 Å². The number of rotatable bonds is 6. The van der Waals surface area contributed by atoms with Crippen LogP contribution >= 0.6 is 0 Å². The third kappa shape index (κ3) is 4.49. The maximum atomic E-state index is 9.40. The highest BCUT2D eigenvalue weighted by Crippen LogP contribution is 2.31. The average molecular weight is 444 g/mol. The summed E-state index contributed by atoms with van der Waals surface area (Å²) < 4.78 is 0. The van der Waals surface area contributed by atoms with E-state index in [1.54, 1.807) is 0 Å². The van der Waals surface area contributed by atoms with Gasteiger partial charge in [-0.2, -0.15) is 10.4 Å². The Morgan fingerprint density at radius 2 is 1.97 bits per heavy atom. The summed E-state index contributed by atoms with van der Waals surface area (Å²) in [5.74, 6) is 1.68. The molecule has 7 heteroatoms. The molecule has 0 radical (unpaired) electrons. The molecule has 2 atom stereocenters. The van der Waals surface area contributed by atoms with Gasteiger partial charge in [-0.15, -0.1) is 5.10 Å². The van der Waals surface area contributed by atoms with E-state index in [0.29, 0.717) is 17.6 Å². The van der Waals surface area contributed by atoms with Crippen LogP contribution in [-0.4, -0.2) is 52.3 Å². The van der Waals surface area contributed by atoms with E-state index in [2.05, 4.69) is 71.3 Å². The number of nitrogens with zero attached hydrogens (tertiary/aromatic N) is 6. The molecule has 172 valence electrons. The summed E-state index contributed by atoms with van der Waals surface area (Å²) in [6.45, 7) is 12.7. The molecule has 2 aromatic heterocycles. The Morgan fingerprint density at radius 1 is 1.18 bits per heavy atom. The second kappa shape index (κ2) is 9.32. The second-order valence-electron chi connectivity index (χ2n) is 9.36. The van der Waals surface area contributed by atoms with Crippen LogP contribution in [0.5, 0.6) is 0 Å². The number of hydrogen-bond acceptors (Lipinski definition) is 7. The van der Waals surface area contributed by atoms with Gasteiger partial charge in [0.1, 0.15) is 5.82 Å². The summed E-state index contributed by atoms with van der Waals surface area (Å²) in [7, 11) is 2.14. The van der Waals surface area contributed by atoms with E-state index in [9.17, 15) is 5.26 Å². The van der Waals surface area contributed by atoms with E-state index >= 15 is 0 Å². The standard InChI is InChI=1S/C26H33N7/c1-16(2)33-11-10-21(15-33)32(6)25-12-23-24(14-28-25)19(5)30-31-26(23)29-18(4)22-9-7-8-20(13-27)17(22)3/h7-9,12,14,16,18,21H,10-11,15H2,1-6H3,(H,29,31)/t18-,21-/m1/s1. The van der Waals surface area contributed by atoms with Crippen LogP contribution in [-0.2, 0) is 0 Å². The zero-order valence-electron chi connectivity index (χ0n) is 20.4. The van der Waals surface area contributed by atoms with Gasteiger partial charge in [0.15, 0.2) is 5.82 Å². The molecule has 0 spiro atoms. The molecule has 33 heavy (non-hydrogen) atoms. The fraction of sp³-hybridized carbons (Fsp3) is 0.462. The Balaban J connectivity index is 1.66. The Morgan fingerprint density at radius 3 is 2.67 bits per heavy atom. The molecule has 1 N–H and O–H groups in total. The number of aromatic nitrogens is 3. The molecule has 4 rings (SSSR count). The van der Waals surface area contributed by atoms with Crippen molar-refractivity contribution in [2.24, 2.45) is 0 Å². The van der Waals surface area contributed by atoms with Crippen LogP contribution in [0, 0.1) is 25.2 Å². The predicted molar refractivity (Wildman–Crippen MR) is 134 cm³/mol. The lowest BCUT2D eigenvalue weighted by Gasteiger charge is -2.27. The average Bonchev–Trinajstić information content (AvgIpc) is 3.31. The summed E-state index contributed by atoms with van der Waals surface area (Å²) in [6, 6.07) is 11.2. The molecule has 0 unspecified atom stereocenters. The smallest absolute Gasteiger partial charge is 0.157 e. The van der Waals surface area contributed by atoms with Gasteiger partial charge in [0.25, 0.3) is 0 Å². The lowest BCUT2D eigenvalue weighted by atomic mass is 9.98. The van der Waals surface area contributed by atoms with Crippen molar-refractivity contribution in [2.45, 2.75) is 59.2 Å². The molecule has 0 bridgehead atoms. The van der Waals surface area contributed by atoms with Crippen molar-refractivity contribution in [1.82, 2.24) is 20.1 Å². The van der Waals surface area contributed by atoms with E-state index in [0.717, 1.165) is 58.7 Å². The fourth-order valence-corrected chi connectivity index (χ4v) is 4.73. The van der Waals surface area contributed by atoms with Crippen molar-refractivity contribution in [3.63, 3.8) is 0 Å². The first kappa shape index (κ1) is 22.9. The van der Waals surface area contributed by atoms with Crippen LogP contribution in [0.4, 0.5) is 11.6 Å². The maximum Gasteiger partial charge on any atom is 0.157 e. The summed E-state index contributed by atoms with van der Waals surface area (Å²) in [4.78, 5) is 9.59. The van der Waals surface area contributed by atoms with Crippen LogP contribution in [0.2, 0.25) is 0 Å². The molecule has 0 aliphatic carbocycles. The van der Waals surface area contributed by atoms with Gasteiger partial charge in [-0.05, 0) is 64.3 Å². The first-order valence-corrected chi connectivity index (χ1v) is 11.7. The SMILES string of the molecule is Cc1c(C#N)cccc1[C@@H](C)Nc1nnc(C)c2cnc(N(C)[C@@H]3CCN(C(C)C)C3)cc12. The van der Waals surface area contributed by atoms with Gasteiger partial charge in [0.2, 0.25) is 0 Å². The molecule has 1 aliphatic heterocycles. The van der Waals surface area contributed by atoms with Crippen LogP contribution in [0.3, 0.4) is 0 Å². The van der Waals surface area contributed by atoms with Gasteiger partial charge in [-0.3, -0.25) is 4.90 Å². The molecule has 7 nitrogen and oxygen atoms in total. The molecule has 1 aliphatic rings. The highest BCUT2D eigenvalue weighted by atomic mass is 15.3. The Bertz CT molecular complexity index is 1200. The summed E-state index contributed by atoms with van der Waals surface area (Å²) >= 11 is 0. The van der Waals surface area contributed by atoms with E-state index in [-0.39, 0.29) is 6.04 Å². The summed E-state index contributed by atoms with van der Waals surface area (Å²) in [5, 5.41) is 23.8. The van der Waals surface area contributed by atoms with Crippen molar-refractivity contribution < 1.29 is 0 Å². The van der Waals surface area contributed by atoms with Crippen LogP contribution in [0.1, 0.15) is 55.6 Å². The van der Waals surface area contributed by atoms with E-state index < -0.39 is 0 Å². The molecular weight excluding hydrogens is 410 g/mol. The number of hydrogen-bond donors (Lipinski definition) is 1. The topological polar surface area (TPSA) is 81.0 Å². The minimum absolute atomic E-state index is 0.0257. The lowest BCUT2D eigenvalue weighted by Crippen LogP contribution is -2.36. The molecule has 3 aromatic rings. The molecule has 1 saturated heterocycles. The normalized spacial score (nSPS) is 17.3. The zero-order chi connectivity index (χ0) is 23.7. The molecule has 3 heterocycles. The van der Waals surface area contributed by atoms with Gasteiger partial charge in [0, 0.05) is 49.2 Å². The quantitative estimate of drug-likeness (QED) is 0.596. The largest absolute Gasteiger partial charge is 0.362 e. The first-order valence-electron chi connectivity index (χ1n) is 11.7. The minimum atomic E-state index is -0.0257. The minimum Gasteiger partial charge on any atom is -0.362 e. The number of benzene rings is 1. The Kier molecular flexibility index (Phi) is 6.48. The third-order valence-corrected chi connectivity index (χ3v) is 6.98. The molecule has 1 aromatic carbocycles. The molecule has 0 saturated carbocycles. The Labute approximate surface area is 196 Å². The van der Waals surface area contributed by atoms with Gasteiger partial charge in [-0.1, -0.05) is 12.1 Å². The van der Waals surface area contributed by atoms with Crippen molar-refractivity contribution in [3.05, 3.63) is 52.8 Å². The highest BCUT2D eigenvalue weighted by molar-refractivity contribution is 5.94. The molecule has 0 amide bonds. The van der Waals surface area contributed by atoms with E-state index in [4.69, 9.17) is 4.98 Å². The monoisotopic (exact) mass is 443 g/mol. The number of anilines is 2. The van der Waals surface area contributed by atoms with Crippen molar-refractivity contribution >= 4 is 22.4 Å². The fourth-order valence-electron chi connectivity index (χ4n) is 4.73. The number of fused-ring (bicyclic) bond motifs is 1. The highest BCUT2D eigenvalue weighted by Gasteiger charge is 2.28. The molecule has 1 fully saturated rings. The van der Waals surface area contributed by atoms with Crippen LogP contribution in [0.15, 0.2) is 30.5 Å². The van der Waals surface area contributed by atoms with Crippen molar-refractivity contribution in [3.8, 4) is 6.07 Å². The number of nitriles is 1. The van der Waals surface area contributed by atoms with E-state index in [1.165, 1.54) is 0 Å². The first-order chi connectivity index (χ1) is 15.8. The lowest BCUT2D eigenvalue weighted by molar-refractivity contribution is 0.272. The molecular formula is C26H33N7. The number of aryl methyl sites for hydroxylation is 1. The maximum absolute atomic E-state index is 9.40. The third-order valence-electron chi connectivity index (χ3n) is 6.98. The van der Waals surface area contributed by atoms with Gasteiger partial charge >= 0.3 is 0 Å². The van der Waals surface area contributed by atoms with Crippen molar-refractivity contribution in [1.29, 1.82) is 5.26 Å². The summed E-state index contributed by atoms with van der Waals surface area (Å²) in [6.07, 6.45) is 3.05. The number of nitrogens with one attached hydrogen (secondary N) is 1. The zero-order valence-corrected chi connectivity index (χ0v) is 20.4. The second-order valence-corrected chi connectivity index (χ2v) is 9.36. The summed E-state index contributed by atoms with van der Waals surface area (Å²) in [5.41, 5.74) is 3.62. The Hall–Kier alpha value is -3.24. The predicted octanol–water partition coefficient (Wildman–Crippen LogP) is 4.61. The van der Waals surface area contributed by atoms with Crippen LogP contribution < -0.4 is 10.2 Å². The van der Waals surface area contributed by atoms with Gasteiger partial charge < -0.3 is 10.2 Å². The van der Waals surface area contributed by atoms with Crippen molar-refractivity contribution in [2.75, 3.05) is 30.4 Å². The van der Waals surface area contributed by atoms with Gasteiger partial charge in [0.05, 0.1) is 23.4 Å². The number of likely N-dealkylation sites (tertiary alicyclic amines) is 1. The number of pyridine rings is 1. The van der Waals surface area contributed by atoms with E-state index in [1.807, 2.05) is 32.2 Å². The number of likely N-dealkylation sites (N-methyl/N-ethyl adjacent to an activating group) is 1. The van der Waals surface area contributed by atoms with Gasteiger partial charge in [-0.25, -0.2) is 4.98 Å².